The van der Waals surface area contributed by atoms with Crippen molar-refractivity contribution >= 4 is 5.91 Å². The molecule has 1 amide bonds. The highest BCUT2D eigenvalue weighted by Gasteiger charge is 2.30. The number of carbonyl (C=O) groups excluding carboxylic acids is 1. The highest BCUT2D eigenvalue weighted by atomic mass is 16.2. The lowest BCUT2D eigenvalue weighted by molar-refractivity contribution is -0.134. The molecule has 0 aromatic heterocycles. The van der Waals surface area contributed by atoms with E-state index in [1.54, 1.807) is 0 Å². The van der Waals surface area contributed by atoms with Crippen LogP contribution in [-0.4, -0.2) is 54.0 Å². The van der Waals surface area contributed by atoms with Crippen molar-refractivity contribution in [3.63, 3.8) is 0 Å². The first-order valence-corrected chi connectivity index (χ1v) is 7.76. The first kappa shape index (κ1) is 14.8. The Hall–Kier alpha value is -0.610. The third kappa shape index (κ3) is 3.69. The summed E-state index contributed by atoms with van der Waals surface area (Å²) >= 11 is 0. The van der Waals surface area contributed by atoms with E-state index in [9.17, 15) is 4.79 Å². The van der Waals surface area contributed by atoms with Crippen molar-refractivity contribution in [2.45, 2.75) is 51.5 Å². The predicted octanol–water partition coefficient (Wildman–Crippen LogP) is 1.45. The van der Waals surface area contributed by atoms with E-state index in [0.717, 1.165) is 32.6 Å². The molecule has 0 radical (unpaired) electrons. The van der Waals surface area contributed by atoms with E-state index >= 15 is 0 Å². The van der Waals surface area contributed by atoms with Crippen LogP contribution in [0.3, 0.4) is 0 Å². The van der Waals surface area contributed by atoms with Crippen LogP contribution in [0.5, 0.6) is 0 Å². The third-order valence-electron chi connectivity index (χ3n) is 4.93. The predicted molar refractivity (Wildman–Crippen MR) is 77.9 cm³/mol. The molecule has 2 rings (SSSR count). The molecule has 0 bridgehead atoms. The molecule has 1 saturated carbocycles. The van der Waals surface area contributed by atoms with Crippen LogP contribution in [-0.2, 0) is 4.79 Å². The van der Waals surface area contributed by atoms with Crippen LogP contribution in [0.4, 0.5) is 0 Å². The zero-order valence-electron chi connectivity index (χ0n) is 12.5. The zero-order chi connectivity index (χ0) is 13.9. The standard InChI is InChI=1S/C15H29N3O/c1-15(2,12-16)18-9-7-17(8-10-18)14(19)11-13-5-3-4-6-13/h13H,3-12,16H2,1-2H3. The zero-order valence-corrected chi connectivity index (χ0v) is 12.5. The number of carbonyl (C=O) groups is 1. The molecule has 0 unspecified atom stereocenters. The molecule has 0 aromatic carbocycles. The second kappa shape index (κ2) is 6.23. The summed E-state index contributed by atoms with van der Waals surface area (Å²) in [5.41, 5.74) is 5.87. The second-order valence-electron chi connectivity index (χ2n) is 6.74. The van der Waals surface area contributed by atoms with E-state index in [-0.39, 0.29) is 5.54 Å². The van der Waals surface area contributed by atoms with Crippen molar-refractivity contribution in [3.05, 3.63) is 0 Å². The highest BCUT2D eigenvalue weighted by Crippen LogP contribution is 2.28. The maximum atomic E-state index is 12.3. The van der Waals surface area contributed by atoms with Crippen molar-refractivity contribution in [3.8, 4) is 0 Å². The van der Waals surface area contributed by atoms with Gasteiger partial charge < -0.3 is 10.6 Å². The minimum Gasteiger partial charge on any atom is -0.340 e. The van der Waals surface area contributed by atoms with Gasteiger partial charge in [-0.15, -0.1) is 0 Å². The van der Waals surface area contributed by atoms with Crippen LogP contribution < -0.4 is 5.73 Å². The third-order valence-corrected chi connectivity index (χ3v) is 4.93. The van der Waals surface area contributed by atoms with Crippen molar-refractivity contribution in [1.29, 1.82) is 0 Å². The van der Waals surface area contributed by atoms with Crippen LogP contribution in [0.2, 0.25) is 0 Å². The van der Waals surface area contributed by atoms with E-state index in [2.05, 4.69) is 23.6 Å². The molecule has 1 aliphatic carbocycles. The minimum absolute atomic E-state index is 0.0561. The van der Waals surface area contributed by atoms with Gasteiger partial charge >= 0.3 is 0 Å². The van der Waals surface area contributed by atoms with Crippen LogP contribution in [0.1, 0.15) is 46.0 Å². The van der Waals surface area contributed by atoms with Crippen molar-refractivity contribution in [2.75, 3.05) is 32.7 Å². The van der Waals surface area contributed by atoms with Crippen molar-refractivity contribution in [2.24, 2.45) is 11.7 Å². The summed E-state index contributed by atoms with van der Waals surface area (Å²) in [7, 11) is 0. The van der Waals surface area contributed by atoms with Gasteiger partial charge in [0.2, 0.25) is 5.91 Å². The minimum atomic E-state index is 0.0561. The first-order chi connectivity index (χ1) is 9.03. The number of nitrogens with zero attached hydrogens (tertiary/aromatic N) is 2. The number of amides is 1. The molecule has 0 atom stereocenters. The van der Waals surface area contributed by atoms with E-state index in [1.165, 1.54) is 25.7 Å². The summed E-state index contributed by atoms with van der Waals surface area (Å²) in [4.78, 5) is 16.7. The monoisotopic (exact) mass is 267 g/mol. The molecule has 1 saturated heterocycles. The first-order valence-electron chi connectivity index (χ1n) is 7.76. The Labute approximate surface area is 117 Å². The van der Waals surface area contributed by atoms with E-state index < -0.39 is 0 Å². The largest absolute Gasteiger partial charge is 0.340 e. The molecule has 2 N–H and O–H groups in total. The van der Waals surface area contributed by atoms with Crippen molar-refractivity contribution < 1.29 is 4.79 Å². The Bertz CT molecular complexity index is 303. The Kier molecular flexibility index (Phi) is 4.85. The summed E-state index contributed by atoms with van der Waals surface area (Å²) in [6.07, 6.45) is 5.92. The van der Waals surface area contributed by atoms with E-state index in [1.807, 2.05) is 0 Å². The molecule has 0 spiro atoms. The highest BCUT2D eigenvalue weighted by molar-refractivity contribution is 5.76. The molecule has 1 heterocycles. The summed E-state index contributed by atoms with van der Waals surface area (Å²) in [5, 5.41) is 0. The average molecular weight is 267 g/mol. The Balaban J connectivity index is 1.77. The lowest BCUT2D eigenvalue weighted by atomic mass is 10.0. The van der Waals surface area contributed by atoms with Gasteiger partial charge in [-0.3, -0.25) is 9.69 Å². The van der Waals surface area contributed by atoms with Gasteiger partial charge in [-0.05, 0) is 32.6 Å². The number of rotatable bonds is 4. The molecule has 1 aliphatic heterocycles. The molecule has 4 nitrogen and oxygen atoms in total. The molecule has 4 heteroatoms. The van der Waals surface area contributed by atoms with Crippen molar-refractivity contribution in [1.82, 2.24) is 9.80 Å². The normalized spacial score (nSPS) is 23.0. The lowest BCUT2D eigenvalue weighted by Crippen LogP contribution is -2.58. The van der Waals surface area contributed by atoms with Crippen LogP contribution in [0.25, 0.3) is 0 Å². The summed E-state index contributed by atoms with van der Waals surface area (Å²) in [5.74, 6) is 1.03. The molecule has 2 aliphatic rings. The summed E-state index contributed by atoms with van der Waals surface area (Å²) in [6, 6.07) is 0. The van der Waals surface area contributed by atoms with Crippen LogP contribution >= 0.6 is 0 Å². The fraction of sp³-hybridized carbons (Fsp3) is 0.933. The maximum Gasteiger partial charge on any atom is 0.222 e. The summed E-state index contributed by atoms with van der Waals surface area (Å²) in [6.45, 7) is 8.69. The number of piperazine rings is 1. The number of nitrogens with two attached hydrogens (primary N) is 1. The van der Waals surface area contributed by atoms with Gasteiger partial charge in [0.1, 0.15) is 0 Å². The van der Waals surface area contributed by atoms with E-state index in [0.29, 0.717) is 18.4 Å². The summed E-state index contributed by atoms with van der Waals surface area (Å²) < 4.78 is 0. The Morgan fingerprint density at radius 1 is 1.16 bits per heavy atom. The van der Waals surface area contributed by atoms with Gasteiger partial charge in [-0.25, -0.2) is 0 Å². The van der Waals surface area contributed by atoms with E-state index in [4.69, 9.17) is 5.73 Å². The number of hydrogen-bond acceptors (Lipinski definition) is 3. The smallest absolute Gasteiger partial charge is 0.222 e. The fourth-order valence-corrected chi connectivity index (χ4v) is 3.28. The Morgan fingerprint density at radius 2 is 1.74 bits per heavy atom. The van der Waals surface area contributed by atoms with Crippen LogP contribution in [0.15, 0.2) is 0 Å². The molecule has 0 aromatic rings. The quantitative estimate of drug-likeness (QED) is 0.838. The Morgan fingerprint density at radius 3 is 2.26 bits per heavy atom. The van der Waals surface area contributed by atoms with Gasteiger partial charge in [-0.2, -0.15) is 0 Å². The van der Waals surface area contributed by atoms with Gasteiger partial charge in [0.15, 0.2) is 0 Å². The topological polar surface area (TPSA) is 49.6 Å². The molecule has 19 heavy (non-hydrogen) atoms. The SMILES string of the molecule is CC(C)(CN)N1CCN(C(=O)CC2CCCC2)CC1. The maximum absolute atomic E-state index is 12.3. The molecular weight excluding hydrogens is 238 g/mol. The molecule has 2 fully saturated rings. The average Bonchev–Trinajstić information content (AvgIpc) is 2.91. The second-order valence-corrected chi connectivity index (χ2v) is 6.74. The van der Waals surface area contributed by atoms with Crippen LogP contribution in [0, 0.1) is 5.92 Å². The van der Waals surface area contributed by atoms with Gasteiger partial charge in [0.25, 0.3) is 0 Å². The number of hydrogen-bond donors (Lipinski definition) is 1. The molecular formula is C15H29N3O. The van der Waals surface area contributed by atoms with Gasteiger partial charge in [0, 0.05) is 44.7 Å². The van der Waals surface area contributed by atoms with Gasteiger partial charge in [0.05, 0.1) is 0 Å². The lowest BCUT2D eigenvalue weighted by Gasteiger charge is -2.43. The van der Waals surface area contributed by atoms with Gasteiger partial charge in [-0.1, -0.05) is 12.8 Å². The molecule has 110 valence electrons. The fourth-order valence-electron chi connectivity index (χ4n) is 3.28.